The Balaban J connectivity index is 1.43. The number of ether oxygens (including phenoxy) is 2. The number of likely N-dealkylation sites (tertiary alicyclic amines) is 1. The molecule has 0 aliphatic carbocycles. The van der Waals surface area contributed by atoms with Gasteiger partial charge in [-0.2, -0.15) is 9.97 Å². The number of rotatable bonds is 17. The van der Waals surface area contributed by atoms with E-state index < -0.39 is 5.41 Å². The van der Waals surface area contributed by atoms with Gasteiger partial charge in [-0.25, -0.2) is 4.79 Å². The Morgan fingerprint density at radius 2 is 1.81 bits per heavy atom. The number of esters is 1. The highest BCUT2D eigenvalue weighted by Gasteiger charge is 2.43. The molecule has 3 heterocycles. The van der Waals surface area contributed by atoms with Crippen molar-refractivity contribution in [3.63, 3.8) is 0 Å². The average molecular weight is 667 g/mol. The smallest absolute Gasteiger partial charge is 0.327 e. The van der Waals surface area contributed by atoms with Gasteiger partial charge in [0.1, 0.15) is 5.52 Å². The number of piperidine rings is 1. The number of hydrogen-bond donors (Lipinski definition) is 3. The maximum atomic E-state index is 14.1. The maximum Gasteiger partial charge on any atom is 0.327 e. The van der Waals surface area contributed by atoms with E-state index in [-0.39, 0.29) is 48.3 Å². The first-order valence-electron chi connectivity index (χ1n) is 16.9. The molecule has 1 unspecified atom stereocenters. The molecule has 1 aliphatic heterocycles. The number of nitrogens with one attached hydrogen (secondary N) is 2. The lowest BCUT2D eigenvalue weighted by Gasteiger charge is -2.44. The molecule has 1 saturated heterocycles. The van der Waals surface area contributed by atoms with E-state index in [4.69, 9.17) is 15.2 Å². The van der Waals surface area contributed by atoms with Crippen LogP contribution in [0.1, 0.15) is 70.4 Å². The second kappa shape index (κ2) is 17.1. The molecule has 2 aromatic heterocycles. The number of nitrogen functional groups attached to an aromatic ring is 1. The first-order valence-corrected chi connectivity index (χ1v) is 16.9. The third kappa shape index (κ3) is 9.12. The maximum absolute atomic E-state index is 14.1. The Kier molecular flexibility index (Phi) is 13.0. The largest absolute Gasteiger partial charge is 0.469 e. The molecular weight excluding hydrogens is 616 g/mol. The van der Waals surface area contributed by atoms with E-state index >= 15 is 0 Å². The van der Waals surface area contributed by atoms with Crippen molar-refractivity contribution in [3.05, 3.63) is 45.9 Å². The van der Waals surface area contributed by atoms with E-state index in [1.54, 1.807) is 0 Å². The number of imidazole rings is 1. The van der Waals surface area contributed by atoms with Crippen LogP contribution in [0.3, 0.4) is 0 Å². The van der Waals surface area contributed by atoms with E-state index in [1.165, 1.54) is 11.7 Å². The number of carbonyl (C=O) groups is 3. The van der Waals surface area contributed by atoms with E-state index in [0.29, 0.717) is 76.3 Å². The van der Waals surface area contributed by atoms with Crippen LogP contribution < -0.4 is 21.5 Å². The SMILES string of the molecule is CCCCOc1nc(N)c2[nH]c(=O)n(CCCC3(C(=O)N(CC)CC)CCCN(CC(=O)NCc4ccc(CC(=O)OC)cc4)C3)c2n1. The number of fused-ring (bicyclic) bond motifs is 1. The summed E-state index contributed by atoms with van der Waals surface area (Å²) in [5.41, 5.74) is 7.59. The van der Waals surface area contributed by atoms with Crippen LogP contribution in [0.2, 0.25) is 0 Å². The van der Waals surface area contributed by atoms with Crippen LogP contribution in [-0.2, 0) is 38.6 Å². The lowest BCUT2D eigenvalue weighted by atomic mass is 9.74. The number of aromatic nitrogens is 4. The summed E-state index contributed by atoms with van der Waals surface area (Å²) in [5, 5.41) is 2.99. The van der Waals surface area contributed by atoms with Crippen LogP contribution in [0.15, 0.2) is 29.1 Å². The van der Waals surface area contributed by atoms with Crippen LogP contribution >= 0.6 is 0 Å². The van der Waals surface area contributed by atoms with E-state index in [0.717, 1.165) is 30.4 Å². The number of hydrogen-bond acceptors (Lipinski definition) is 10. The zero-order valence-corrected chi connectivity index (χ0v) is 28.7. The highest BCUT2D eigenvalue weighted by molar-refractivity contribution is 5.84. The van der Waals surface area contributed by atoms with Gasteiger partial charge in [0, 0.05) is 32.7 Å². The molecule has 14 heteroatoms. The van der Waals surface area contributed by atoms with Gasteiger partial charge in [-0.15, -0.1) is 0 Å². The van der Waals surface area contributed by atoms with E-state index in [1.807, 2.05) is 43.0 Å². The van der Waals surface area contributed by atoms with Crippen molar-refractivity contribution in [2.75, 3.05) is 52.2 Å². The number of unbranched alkanes of at least 4 members (excludes halogenated alkanes) is 1. The molecule has 1 aromatic carbocycles. The first-order chi connectivity index (χ1) is 23.1. The molecule has 1 fully saturated rings. The molecule has 262 valence electrons. The van der Waals surface area contributed by atoms with Crippen LogP contribution in [0, 0.1) is 5.41 Å². The van der Waals surface area contributed by atoms with Crippen LogP contribution in [-0.4, -0.2) is 93.5 Å². The number of aryl methyl sites for hydroxylation is 1. The number of nitrogens with two attached hydrogens (primary N) is 1. The molecule has 0 saturated carbocycles. The van der Waals surface area contributed by atoms with Gasteiger partial charge in [-0.05, 0) is 63.6 Å². The predicted molar refractivity (Wildman–Crippen MR) is 182 cm³/mol. The molecule has 4 rings (SSSR count). The fraction of sp³-hybridized carbons (Fsp3) is 0.588. The number of aromatic amines is 1. The summed E-state index contributed by atoms with van der Waals surface area (Å²) in [4.78, 5) is 67.0. The number of benzene rings is 1. The van der Waals surface area contributed by atoms with Gasteiger partial charge in [0.05, 0.1) is 32.1 Å². The summed E-state index contributed by atoms with van der Waals surface area (Å²) >= 11 is 0. The summed E-state index contributed by atoms with van der Waals surface area (Å²) < 4.78 is 11.9. The van der Waals surface area contributed by atoms with Crippen molar-refractivity contribution >= 4 is 34.8 Å². The zero-order chi connectivity index (χ0) is 34.7. The summed E-state index contributed by atoms with van der Waals surface area (Å²) in [5.74, 6) is -0.206. The predicted octanol–water partition coefficient (Wildman–Crippen LogP) is 2.64. The van der Waals surface area contributed by atoms with Crippen molar-refractivity contribution in [2.45, 2.75) is 78.8 Å². The molecular formula is C34H50N8O6. The van der Waals surface area contributed by atoms with Crippen LogP contribution in [0.4, 0.5) is 5.82 Å². The molecule has 1 aliphatic rings. The summed E-state index contributed by atoms with van der Waals surface area (Å²) in [6.45, 7) is 9.66. The lowest BCUT2D eigenvalue weighted by Crippen LogP contribution is -2.54. The van der Waals surface area contributed by atoms with Gasteiger partial charge in [0.15, 0.2) is 11.5 Å². The molecule has 3 aromatic rings. The van der Waals surface area contributed by atoms with Gasteiger partial charge in [-0.3, -0.25) is 23.9 Å². The number of anilines is 1. The molecule has 48 heavy (non-hydrogen) atoms. The molecule has 0 bridgehead atoms. The molecule has 4 N–H and O–H groups in total. The third-order valence-electron chi connectivity index (χ3n) is 9.01. The Morgan fingerprint density at radius 3 is 2.50 bits per heavy atom. The van der Waals surface area contributed by atoms with Gasteiger partial charge in [0.25, 0.3) is 0 Å². The number of nitrogens with zero attached hydrogens (tertiary/aromatic N) is 5. The highest BCUT2D eigenvalue weighted by atomic mass is 16.5. The molecule has 0 spiro atoms. The minimum absolute atomic E-state index is 0.0779. The van der Waals surface area contributed by atoms with Gasteiger partial charge in [-0.1, -0.05) is 37.6 Å². The minimum Gasteiger partial charge on any atom is -0.469 e. The third-order valence-corrected chi connectivity index (χ3v) is 9.01. The monoisotopic (exact) mass is 666 g/mol. The zero-order valence-electron chi connectivity index (χ0n) is 28.7. The van der Waals surface area contributed by atoms with E-state index in [2.05, 4.69) is 32.1 Å². The lowest BCUT2D eigenvalue weighted by molar-refractivity contribution is -0.147. The fourth-order valence-corrected chi connectivity index (χ4v) is 6.35. The minimum atomic E-state index is -0.696. The van der Waals surface area contributed by atoms with E-state index in [9.17, 15) is 19.2 Å². The van der Waals surface area contributed by atoms with Crippen molar-refractivity contribution in [2.24, 2.45) is 5.41 Å². The Bertz CT molecular complexity index is 1600. The van der Waals surface area contributed by atoms with Crippen LogP contribution in [0.25, 0.3) is 11.2 Å². The van der Waals surface area contributed by atoms with Crippen molar-refractivity contribution in [1.29, 1.82) is 0 Å². The van der Waals surface area contributed by atoms with Crippen molar-refractivity contribution < 1.29 is 23.9 Å². The standard InChI is InChI=1S/C34H50N8O6/c1-5-8-19-48-32-38-29(35)28-30(39-32)42(33(46)37-28)18-10-16-34(31(45)41(6-2)7-3)15-9-17-40(23-34)22-26(43)36-21-25-13-11-24(12-14-25)20-27(44)47-4/h11-14H,5-10,15-23H2,1-4H3,(H,36,43)(H,37,46)(H2,35,38,39). The molecule has 14 nitrogen and oxygen atoms in total. The fourth-order valence-electron chi connectivity index (χ4n) is 6.35. The number of H-pyrrole nitrogens is 1. The normalized spacial score (nSPS) is 16.5. The van der Waals surface area contributed by atoms with Gasteiger partial charge in [0.2, 0.25) is 11.8 Å². The molecule has 0 radical (unpaired) electrons. The van der Waals surface area contributed by atoms with Crippen LogP contribution in [0.5, 0.6) is 6.01 Å². The highest BCUT2D eigenvalue weighted by Crippen LogP contribution is 2.37. The van der Waals surface area contributed by atoms with Gasteiger partial charge >= 0.3 is 17.7 Å². The van der Waals surface area contributed by atoms with Gasteiger partial charge < -0.3 is 30.4 Å². The molecule has 2 amide bonds. The van der Waals surface area contributed by atoms with Crippen molar-refractivity contribution in [3.8, 4) is 6.01 Å². The number of amides is 2. The Hall–Kier alpha value is -4.46. The quantitative estimate of drug-likeness (QED) is 0.143. The summed E-state index contributed by atoms with van der Waals surface area (Å²) in [6.07, 6.45) is 4.55. The summed E-state index contributed by atoms with van der Waals surface area (Å²) in [7, 11) is 1.36. The average Bonchev–Trinajstić information content (AvgIpc) is 3.40. The topological polar surface area (TPSA) is 178 Å². The number of methoxy groups -OCH3 is 1. The second-order valence-electron chi connectivity index (χ2n) is 12.4. The first kappa shape index (κ1) is 36.4. The molecule has 1 atom stereocenters. The summed E-state index contributed by atoms with van der Waals surface area (Å²) in [6, 6.07) is 7.59. The Morgan fingerprint density at radius 1 is 1.08 bits per heavy atom. The number of carbonyl (C=O) groups excluding carboxylic acids is 3. The van der Waals surface area contributed by atoms with Crippen molar-refractivity contribution in [1.82, 2.24) is 34.6 Å². The Labute approximate surface area is 281 Å². The second-order valence-corrected chi connectivity index (χ2v) is 12.4.